The van der Waals surface area contributed by atoms with Gasteiger partial charge in [0.1, 0.15) is 6.33 Å². The normalized spacial score (nSPS) is 10.9. The highest BCUT2D eigenvalue weighted by Gasteiger charge is 2.09. The molecule has 3 aromatic rings. The molecule has 0 amide bonds. The zero-order valence-corrected chi connectivity index (χ0v) is 9.82. The largest absolute Gasteiger partial charge is 0.395 e. The Labute approximate surface area is 105 Å². The van der Waals surface area contributed by atoms with Crippen LogP contribution in [-0.4, -0.2) is 26.2 Å². The number of hydrogen-bond acceptors (Lipinski definition) is 3. The van der Waals surface area contributed by atoms with E-state index in [0.29, 0.717) is 6.54 Å². The molecule has 90 valence electrons. The lowest BCUT2D eigenvalue weighted by Gasteiger charge is -2.00. The maximum atomic E-state index is 9.11. The van der Waals surface area contributed by atoms with E-state index in [1.54, 1.807) is 12.5 Å². The zero-order valence-electron chi connectivity index (χ0n) is 9.82. The van der Waals surface area contributed by atoms with Gasteiger partial charge in [0.2, 0.25) is 0 Å². The van der Waals surface area contributed by atoms with Crippen molar-refractivity contribution in [3.8, 4) is 11.3 Å². The first-order chi connectivity index (χ1) is 8.90. The SMILES string of the molecule is OCCn1cc(-c2ccncn2)c2ccccc21. The van der Waals surface area contributed by atoms with Crippen molar-refractivity contribution in [1.82, 2.24) is 14.5 Å². The molecule has 0 atom stereocenters. The molecule has 4 heteroatoms. The summed E-state index contributed by atoms with van der Waals surface area (Å²) in [5.74, 6) is 0. The summed E-state index contributed by atoms with van der Waals surface area (Å²) in [5, 5.41) is 10.3. The second-order valence-electron chi connectivity index (χ2n) is 4.07. The number of nitrogens with zero attached hydrogens (tertiary/aromatic N) is 3. The van der Waals surface area contributed by atoms with Crippen LogP contribution >= 0.6 is 0 Å². The Morgan fingerprint density at radius 3 is 2.83 bits per heavy atom. The molecular weight excluding hydrogens is 226 g/mol. The second kappa shape index (κ2) is 4.58. The summed E-state index contributed by atoms with van der Waals surface area (Å²) < 4.78 is 2.05. The van der Waals surface area contributed by atoms with Gasteiger partial charge in [-0.15, -0.1) is 0 Å². The van der Waals surface area contributed by atoms with Gasteiger partial charge in [-0.25, -0.2) is 9.97 Å². The maximum Gasteiger partial charge on any atom is 0.116 e. The van der Waals surface area contributed by atoms with E-state index < -0.39 is 0 Å². The van der Waals surface area contributed by atoms with Gasteiger partial charge >= 0.3 is 0 Å². The molecule has 0 aliphatic carbocycles. The zero-order chi connectivity index (χ0) is 12.4. The van der Waals surface area contributed by atoms with Crippen molar-refractivity contribution in [3.05, 3.63) is 49.1 Å². The third-order valence-electron chi connectivity index (χ3n) is 2.99. The minimum absolute atomic E-state index is 0.127. The number of hydrogen-bond donors (Lipinski definition) is 1. The van der Waals surface area contributed by atoms with E-state index >= 15 is 0 Å². The number of fused-ring (bicyclic) bond motifs is 1. The Morgan fingerprint density at radius 2 is 2.06 bits per heavy atom. The molecule has 1 aromatic carbocycles. The Hall–Kier alpha value is -2.20. The van der Waals surface area contributed by atoms with E-state index in [2.05, 4.69) is 22.1 Å². The average Bonchev–Trinajstić information content (AvgIpc) is 2.80. The standard InChI is InChI=1S/C14H13N3O/c18-8-7-17-9-12(13-5-6-15-10-16-13)11-3-1-2-4-14(11)17/h1-6,9-10,18H,7-8H2. The van der Waals surface area contributed by atoms with Crippen molar-refractivity contribution in [2.75, 3.05) is 6.61 Å². The van der Waals surface area contributed by atoms with Gasteiger partial charge < -0.3 is 9.67 Å². The molecule has 0 aliphatic heterocycles. The molecule has 2 aromatic heterocycles. The Kier molecular flexibility index (Phi) is 2.78. The van der Waals surface area contributed by atoms with Crippen LogP contribution < -0.4 is 0 Å². The van der Waals surface area contributed by atoms with Gasteiger partial charge in [-0.05, 0) is 12.1 Å². The molecule has 18 heavy (non-hydrogen) atoms. The summed E-state index contributed by atoms with van der Waals surface area (Å²) in [7, 11) is 0. The van der Waals surface area contributed by atoms with Crippen molar-refractivity contribution >= 4 is 10.9 Å². The molecule has 0 bridgehead atoms. The number of aliphatic hydroxyl groups excluding tert-OH is 1. The molecule has 0 saturated carbocycles. The summed E-state index contributed by atoms with van der Waals surface area (Å²) in [5.41, 5.74) is 3.08. The molecule has 0 fully saturated rings. The van der Waals surface area contributed by atoms with Crippen LogP contribution in [0.4, 0.5) is 0 Å². The summed E-state index contributed by atoms with van der Waals surface area (Å²) in [6.07, 6.45) is 5.32. The molecule has 0 aliphatic rings. The van der Waals surface area contributed by atoms with E-state index in [0.717, 1.165) is 22.2 Å². The van der Waals surface area contributed by atoms with Gasteiger partial charge in [-0.1, -0.05) is 18.2 Å². The number of rotatable bonds is 3. The van der Waals surface area contributed by atoms with Crippen LogP contribution in [0.1, 0.15) is 0 Å². The van der Waals surface area contributed by atoms with Crippen molar-refractivity contribution in [2.45, 2.75) is 6.54 Å². The molecule has 0 spiro atoms. The monoisotopic (exact) mass is 239 g/mol. The van der Waals surface area contributed by atoms with Crippen LogP contribution in [0.3, 0.4) is 0 Å². The highest BCUT2D eigenvalue weighted by Crippen LogP contribution is 2.28. The third kappa shape index (κ3) is 1.76. The first-order valence-electron chi connectivity index (χ1n) is 5.85. The van der Waals surface area contributed by atoms with Crippen LogP contribution in [-0.2, 0) is 6.54 Å². The summed E-state index contributed by atoms with van der Waals surface area (Å²) in [6.45, 7) is 0.716. The van der Waals surface area contributed by atoms with E-state index in [4.69, 9.17) is 5.11 Å². The fourth-order valence-corrected chi connectivity index (χ4v) is 2.19. The van der Waals surface area contributed by atoms with Gasteiger partial charge in [0.25, 0.3) is 0 Å². The molecular formula is C14H13N3O. The van der Waals surface area contributed by atoms with Crippen LogP contribution in [0.5, 0.6) is 0 Å². The Bertz CT molecular complexity index is 661. The average molecular weight is 239 g/mol. The third-order valence-corrected chi connectivity index (χ3v) is 2.99. The molecule has 0 unspecified atom stereocenters. The van der Waals surface area contributed by atoms with Gasteiger partial charge in [0.05, 0.1) is 12.3 Å². The minimum Gasteiger partial charge on any atom is -0.395 e. The highest BCUT2D eigenvalue weighted by molar-refractivity contribution is 5.95. The number of aliphatic hydroxyl groups is 1. The summed E-state index contributed by atoms with van der Waals surface area (Å²) in [4.78, 5) is 8.22. The van der Waals surface area contributed by atoms with Gasteiger partial charge in [0.15, 0.2) is 0 Å². The van der Waals surface area contributed by atoms with Crippen molar-refractivity contribution in [3.63, 3.8) is 0 Å². The lowest BCUT2D eigenvalue weighted by molar-refractivity contribution is 0.278. The van der Waals surface area contributed by atoms with Crippen LogP contribution in [0, 0.1) is 0 Å². The second-order valence-corrected chi connectivity index (χ2v) is 4.07. The van der Waals surface area contributed by atoms with Crippen molar-refractivity contribution < 1.29 is 5.11 Å². The van der Waals surface area contributed by atoms with Crippen LogP contribution in [0.25, 0.3) is 22.2 Å². The van der Waals surface area contributed by atoms with Crippen LogP contribution in [0.15, 0.2) is 49.1 Å². The Balaban J connectivity index is 2.24. The topological polar surface area (TPSA) is 50.9 Å². The molecule has 3 rings (SSSR count). The highest BCUT2D eigenvalue weighted by atomic mass is 16.3. The fourth-order valence-electron chi connectivity index (χ4n) is 2.19. The van der Waals surface area contributed by atoms with E-state index in [1.807, 2.05) is 29.0 Å². The fraction of sp³-hybridized carbons (Fsp3) is 0.143. The first-order valence-corrected chi connectivity index (χ1v) is 5.85. The lowest BCUT2D eigenvalue weighted by atomic mass is 10.1. The van der Waals surface area contributed by atoms with Crippen molar-refractivity contribution in [1.29, 1.82) is 0 Å². The molecule has 1 N–H and O–H groups in total. The minimum atomic E-state index is 0.127. The summed E-state index contributed by atoms with van der Waals surface area (Å²) >= 11 is 0. The quantitative estimate of drug-likeness (QED) is 0.761. The molecule has 4 nitrogen and oxygen atoms in total. The van der Waals surface area contributed by atoms with Gasteiger partial charge in [0, 0.05) is 35.4 Å². The van der Waals surface area contributed by atoms with E-state index in [9.17, 15) is 0 Å². The smallest absolute Gasteiger partial charge is 0.116 e. The number of benzene rings is 1. The predicted molar refractivity (Wildman–Crippen MR) is 70.0 cm³/mol. The molecule has 2 heterocycles. The molecule has 0 radical (unpaired) electrons. The van der Waals surface area contributed by atoms with E-state index in [1.165, 1.54) is 0 Å². The first kappa shape index (κ1) is 10.9. The van der Waals surface area contributed by atoms with Crippen LogP contribution in [0.2, 0.25) is 0 Å². The number of aromatic nitrogens is 3. The number of para-hydroxylation sites is 1. The lowest BCUT2D eigenvalue weighted by Crippen LogP contribution is -1.99. The van der Waals surface area contributed by atoms with Gasteiger partial charge in [-0.2, -0.15) is 0 Å². The van der Waals surface area contributed by atoms with Gasteiger partial charge in [-0.3, -0.25) is 0 Å². The Morgan fingerprint density at radius 1 is 1.17 bits per heavy atom. The predicted octanol–water partition coefficient (Wildman–Crippen LogP) is 2.09. The van der Waals surface area contributed by atoms with Crippen molar-refractivity contribution in [2.24, 2.45) is 0 Å². The van der Waals surface area contributed by atoms with E-state index in [-0.39, 0.29) is 6.61 Å². The maximum absolute atomic E-state index is 9.11. The molecule has 0 saturated heterocycles. The summed E-state index contributed by atoms with van der Waals surface area (Å²) in [6, 6.07) is 10.0.